The van der Waals surface area contributed by atoms with Crippen LogP contribution in [0.5, 0.6) is 0 Å². The molecule has 0 aromatic heterocycles. The average molecular weight is 323 g/mol. The first-order valence-corrected chi connectivity index (χ1v) is 9.44. The summed E-state index contributed by atoms with van der Waals surface area (Å²) in [6.07, 6.45) is 6.15. The minimum atomic E-state index is 0.182. The smallest absolute Gasteiger partial charge is 0.236 e. The van der Waals surface area contributed by atoms with E-state index in [0.717, 1.165) is 77.8 Å². The van der Waals surface area contributed by atoms with Gasteiger partial charge >= 0.3 is 0 Å². The molecule has 0 unspecified atom stereocenters. The van der Waals surface area contributed by atoms with E-state index in [1.807, 2.05) is 9.80 Å². The molecule has 5 heteroatoms. The Bertz CT molecular complexity index is 380. The van der Waals surface area contributed by atoms with Crippen LogP contribution in [-0.4, -0.2) is 72.3 Å². The lowest BCUT2D eigenvalue weighted by atomic mass is 9.95. The molecule has 23 heavy (non-hydrogen) atoms. The van der Waals surface area contributed by atoms with Crippen LogP contribution in [0.15, 0.2) is 0 Å². The molecule has 2 amide bonds. The van der Waals surface area contributed by atoms with Gasteiger partial charge < -0.3 is 9.80 Å². The SMILES string of the molecule is CCCN(CCC)C(=O)CN1CCC(C(=O)N2CCCC2)CC1. The normalized spacial score (nSPS) is 20.0. The van der Waals surface area contributed by atoms with Gasteiger partial charge in [-0.3, -0.25) is 14.5 Å². The fraction of sp³-hybridized carbons (Fsp3) is 0.889. The van der Waals surface area contributed by atoms with Crippen LogP contribution in [-0.2, 0) is 9.59 Å². The largest absolute Gasteiger partial charge is 0.342 e. The number of piperidine rings is 1. The lowest BCUT2D eigenvalue weighted by Crippen LogP contribution is -2.46. The van der Waals surface area contributed by atoms with Gasteiger partial charge in [0.25, 0.3) is 0 Å². The van der Waals surface area contributed by atoms with Crippen LogP contribution in [0.25, 0.3) is 0 Å². The maximum atomic E-state index is 12.4. The summed E-state index contributed by atoms with van der Waals surface area (Å²) in [5.41, 5.74) is 0. The molecule has 0 radical (unpaired) electrons. The molecule has 0 aromatic carbocycles. The second kappa shape index (κ2) is 9.26. The lowest BCUT2D eigenvalue weighted by Gasteiger charge is -2.34. The van der Waals surface area contributed by atoms with Crippen molar-refractivity contribution in [1.82, 2.24) is 14.7 Å². The number of amides is 2. The Hall–Kier alpha value is -1.10. The van der Waals surface area contributed by atoms with Crippen molar-refractivity contribution in [2.24, 2.45) is 5.92 Å². The Labute approximate surface area is 141 Å². The number of rotatable bonds is 7. The molecule has 2 heterocycles. The van der Waals surface area contributed by atoms with E-state index in [9.17, 15) is 9.59 Å². The van der Waals surface area contributed by atoms with Crippen molar-refractivity contribution in [3.8, 4) is 0 Å². The summed E-state index contributed by atoms with van der Waals surface area (Å²) in [4.78, 5) is 31.1. The fourth-order valence-corrected chi connectivity index (χ4v) is 3.73. The monoisotopic (exact) mass is 323 g/mol. The minimum Gasteiger partial charge on any atom is -0.342 e. The standard InChI is InChI=1S/C18H33N3O2/c1-3-9-20(10-4-2)17(22)15-19-13-7-16(8-14-19)18(23)21-11-5-6-12-21/h16H,3-15H2,1-2H3. The third kappa shape index (κ3) is 5.20. The highest BCUT2D eigenvalue weighted by molar-refractivity contribution is 5.80. The van der Waals surface area contributed by atoms with Crippen molar-refractivity contribution in [3.63, 3.8) is 0 Å². The second-order valence-electron chi connectivity index (χ2n) is 6.96. The summed E-state index contributed by atoms with van der Waals surface area (Å²) in [6.45, 7) is 10.1. The van der Waals surface area contributed by atoms with Gasteiger partial charge in [0, 0.05) is 32.1 Å². The molecule has 0 atom stereocenters. The van der Waals surface area contributed by atoms with Crippen LogP contribution >= 0.6 is 0 Å². The summed E-state index contributed by atoms with van der Waals surface area (Å²) in [5, 5.41) is 0. The highest BCUT2D eigenvalue weighted by Gasteiger charge is 2.30. The lowest BCUT2D eigenvalue weighted by molar-refractivity contribution is -0.136. The predicted molar refractivity (Wildman–Crippen MR) is 92.1 cm³/mol. The van der Waals surface area contributed by atoms with Gasteiger partial charge in [-0.25, -0.2) is 0 Å². The van der Waals surface area contributed by atoms with Gasteiger partial charge in [0.05, 0.1) is 6.54 Å². The van der Waals surface area contributed by atoms with E-state index in [2.05, 4.69) is 18.7 Å². The van der Waals surface area contributed by atoms with Gasteiger partial charge in [-0.1, -0.05) is 13.8 Å². The zero-order valence-corrected chi connectivity index (χ0v) is 14.9. The molecule has 2 rings (SSSR count). The molecular weight excluding hydrogens is 290 g/mol. The number of hydrogen-bond acceptors (Lipinski definition) is 3. The molecule has 2 saturated heterocycles. The number of hydrogen-bond donors (Lipinski definition) is 0. The number of carbonyl (C=O) groups is 2. The maximum absolute atomic E-state index is 12.4. The zero-order valence-electron chi connectivity index (χ0n) is 14.9. The topological polar surface area (TPSA) is 43.9 Å². The maximum Gasteiger partial charge on any atom is 0.236 e. The van der Waals surface area contributed by atoms with E-state index >= 15 is 0 Å². The van der Waals surface area contributed by atoms with Gasteiger partial charge in [-0.05, 0) is 51.6 Å². The Morgan fingerprint density at radius 2 is 1.52 bits per heavy atom. The first-order valence-electron chi connectivity index (χ1n) is 9.44. The second-order valence-corrected chi connectivity index (χ2v) is 6.96. The van der Waals surface area contributed by atoms with Crippen LogP contribution in [0.3, 0.4) is 0 Å². The quantitative estimate of drug-likeness (QED) is 0.719. The summed E-state index contributed by atoms with van der Waals surface area (Å²) < 4.78 is 0. The summed E-state index contributed by atoms with van der Waals surface area (Å²) in [5.74, 6) is 0.784. The van der Waals surface area contributed by atoms with Crippen LogP contribution in [0.4, 0.5) is 0 Å². The molecule has 0 saturated carbocycles. The Kier molecular flexibility index (Phi) is 7.34. The van der Waals surface area contributed by atoms with E-state index in [-0.39, 0.29) is 11.8 Å². The van der Waals surface area contributed by atoms with Gasteiger partial charge in [0.15, 0.2) is 0 Å². The summed E-state index contributed by atoms with van der Waals surface area (Å²) >= 11 is 0. The highest BCUT2D eigenvalue weighted by atomic mass is 16.2. The van der Waals surface area contributed by atoms with Gasteiger partial charge in [0.2, 0.25) is 11.8 Å². The third-order valence-electron chi connectivity index (χ3n) is 5.05. The Balaban J connectivity index is 1.75. The Morgan fingerprint density at radius 3 is 2.04 bits per heavy atom. The first kappa shape index (κ1) is 18.2. The van der Waals surface area contributed by atoms with Crippen molar-refractivity contribution in [1.29, 1.82) is 0 Å². The molecule has 0 spiro atoms. The zero-order chi connectivity index (χ0) is 16.7. The van der Waals surface area contributed by atoms with Crippen molar-refractivity contribution >= 4 is 11.8 Å². The van der Waals surface area contributed by atoms with Crippen LogP contribution in [0.1, 0.15) is 52.4 Å². The van der Waals surface area contributed by atoms with Gasteiger partial charge in [0.1, 0.15) is 0 Å². The molecule has 5 nitrogen and oxygen atoms in total. The first-order chi connectivity index (χ1) is 11.2. The molecule has 2 aliphatic rings. The minimum absolute atomic E-state index is 0.182. The predicted octanol–water partition coefficient (Wildman–Crippen LogP) is 1.97. The molecule has 0 aliphatic carbocycles. The number of nitrogens with zero attached hydrogens (tertiary/aromatic N) is 3. The van der Waals surface area contributed by atoms with Gasteiger partial charge in [-0.15, -0.1) is 0 Å². The van der Waals surface area contributed by atoms with E-state index in [4.69, 9.17) is 0 Å². The molecule has 0 bridgehead atoms. The van der Waals surface area contributed by atoms with E-state index in [1.165, 1.54) is 0 Å². The Morgan fingerprint density at radius 1 is 0.957 bits per heavy atom. The molecule has 132 valence electrons. The van der Waals surface area contributed by atoms with Crippen molar-refractivity contribution < 1.29 is 9.59 Å². The van der Waals surface area contributed by atoms with Gasteiger partial charge in [-0.2, -0.15) is 0 Å². The molecule has 0 N–H and O–H groups in total. The van der Waals surface area contributed by atoms with Crippen molar-refractivity contribution in [2.45, 2.75) is 52.4 Å². The number of likely N-dealkylation sites (tertiary alicyclic amines) is 2. The average Bonchev–Trinajstić information content (AvgIpc) is 3.09. The van der Waals surface area contributed by atoms with E-state index < -0.39 is 0 Å². The fourth-order valence-electron chi connectivity index (χ4n) is 3.73. The molecule has 0 aromatic rings. The highest BCUT2D eigenvalue weighted by Crippen LogP contribution is 2.22. The third-order valence-corrected chi connectivity index (χ3v) is 5.05. The number of carbonyl (C=O) groups excluding carboxylic acids is 2. The van der Waals surface area contributed by atoms with Crippen molar-refractivity contribution in [3.05, 3.63) is 0 Å². The molecule has 2 fully saturated rings. The van der Waals surface area contributed by atoms with E-state index in [0.29, 0.717) is 12.5 Å². The molecular formula is C18H33N3O2. The van der Waals surface area contributed by atoms with E-state index in [1.54, 1.807) is 0 Å². The summed E-state index contributed by atoms with van der Waals surface area (Å²) in [7, 11) is 0. The van der Waals surface area contributed by atoms with Crippen LogP contribution < -0.4 is 0 Å². The van der Waals surface area contributed by atoms with Crippen molar-refractivity contribution in [2.75, 3.05) is 45.8 Å². The van der Waals surface area contributed by atoms with Crippen LogP contribution in [0, 0.1) is 5.92 Å². The molecule has 2 aliphatic heterocycles. The summed E-state index contributed by atoms with van der Waals surface area (Å²) in [6, 6.07) is 0. The van der Waals surface area contributed by atoms with Crippen LogP contribution in [0.2, 0.25) is 0 Å².